The number of nitrogens with one attached hydrogen (secondary N) is 2. The largest absolute Gasteiger partial charge is 0.416 e. The number of rotatable bonds is 4. The fraction of sp³-hybridized carbons (Fsp3) is 0.312. The maximum atomic E-state index is 12.8. The SMILES string of the molecule is O=C(Nc1ncc(Cc2cccc(C(F)(F)F)c2)s1)C1=NCCCN1. The van der Waals surface area contributed by atoms with E-state index >= 15 is 0 Å². The number of halogens is 3. The summed E-state index contributed by atoms with van der Waals surface area (Å²) in [5, 5.41) is 5.95. The van der Waals surface area contributed by atoms with Gasteiger partial charge in [-0.3, -0.25) is 15.1 Å². The summed E-state index contributed by atoms with van der Waals surface area (Å²) < 4.78 is 38.3. The normalized spacial score (nSPS) is 14.6. The lowest BCUT2D eigenvalue weighted by Crippen LogP contribution is -2.39. The van der Waals surface area contributed by atoms with Gasteiger partial charge in [-0.15, -0.1) is 11.3 Å². The molecule has 1 aromatic heterocycles. The fourth-order valence-corrected chi connectivity index (χ4v) is 3.19. The smallest absolute Gasteiger partial charge is 0.366 e. The average Bonchev–Trinajstić information content (AvgIpc) is 3.02. The van der Waals surface area contributed by atoms with Gasteiger partial charge in [0.15, 0.2) is 11.0 Å². The third kappa shape index (κ3) is 4.56. The third-order valence-corrected chi connectivity index (χ3v) is 4.43. The fourth-order valence-electron chi connectivity index (χ4n) is 2.35. The minimum Gasteiger partial charge on any atom is -0.366 e. The van der Waals surface area contributed by atoms with Crippen LogP contribution in [0.15, 0.2) is 35.5 Å². The Kier molecular flexibility index (Phi) is 5.03. The maximum Gasteiger partial charge on any atom is 0.416 e. The van der Waals surface area contributed by atoms with Crippen molar-refractivity contribution in [2.45, 2.75) is 19.0 Å². The number of hydrogen-bond donors (Lipinski definition) is 2. The number of hydrogen-bond acceptors (Lipinski definition) is 5. The Hall–Kier alpha value is -2.42. The van der Waals surface area contributed by atoms with Gasteiger partial charge in [-0.2, -0.15) is 13.2 Å². The molecule has 0 bridgehead atoms. The third-order valence-electron chi connectivity index (χ3n) is 3.52. The van der Waals surface area contributed by atoms with Crippen LogP contribution in [0.2, 0.25) is 0 Å². The molecule has 5 nitrogen and oxygen atoms in total. The van der Waals surface area contributed by atoms with E-state index in [1.807, 2.05) is 0 Å². The van der Waals surface area contributed by atoms with Crippen LogP contribution in [0.4, 0.5) is 18.3 Å². The van der Waals surface area contributed by atoms with Crippen molar-refractivity contribution in [2.24, 2.45) is 4.99 Å². The Labute approximate surface area is 146 Å². The number of amidine groups is 1. The standard InChI is InChI=1S/C16H15F3N4OS/c17-16(18,19)11-4-1-3-10(7-11)8-12-9-22-15(25-12)23-14(24)13-20-5-2-6-21-13/h1,3-4,7,9H,2,5-6,8H2,(H,20,21)(H,22,23,24). The van der Waals surface area contributed by atoms with Gasteiger partial charge in [0.05, 0.1) is 5.56 Å². The highest BCUT2D eigenvalue weighted by molar-refractivity contribution is 7.15. The summed E-state index contributed by atoms with van der Waals surface area (Å²) in [4.78, 5) is 21.0. The summed E-state index contributed by atoms with van der Waals surface area (Å²) >= 11 is 1.23. The lowest BCUT2D eigenvalue weighted by Gasteiger charge is -2.12. The molecule has 1 aliphatic rings. The van der Waals surface area contributed by atoms with E-state index in [2.05, 4.69) is 20.6 Å². The van der Waals surface area contributed by atoms with Gasteiger partial charge in [-0.1, -0.05) is 18.2 Å². The first-order valence-corrected chi connectivity index (χ1v) is 8.44. The molecule has 2 heterocycles. The van der Waals surface area contributed by atoms with Crippen LogP contribution in [0.25, 0.3) is 0 Å². The van der Waals surface area contributed by atoms with E-state index in [4.69, 9.17) is 0 Å². The van der Waals surface area contributed by atoms with Gasteiger partial charge in [-0.05, 0) is 18.1 Å². The molecule has 0 fully saturated rings. The zero-order valence-electron chi connectivity index (χ0n) is 13.1. The number of carbonyl (C=O) groups excluding carboxylic acids is 1. The van der Waals surface area contributed by atoms with Crippen LogP contribution in [-0.2, 0) is 17.4 Å². The van der Waals surface area contributed by atoms with E-state index in [-0.39, 0.29) is 11.7 Å². The van der Waals surface area contributed by atoms with Crippen molar-refractivity contribution in [1.29, 1.82) is 0 Å². The molecule has 0 saturated carbocycles. The van der Waals surface area contributed by atoms with E-state index < -0.39 is 11.7 Å². The molecule has 0 saturated heterocycles. The minimum absolute atomic E-state index is 0.279. The van der Waals surface area contributed by atoms with Gasteiger partial charge >= 0.3 is 6.18 Å². The van der Waals surface area contributed by atoms with Gasteiger partial charge in [0.1, 0.15) is 0 Å². The molecular weight excluding hydrogens is 353 g/mol. The number of benzene rings is 1. The Balaban J connectivity index is 1.66. The second-order valence-electron chi connectivity index (χ2n) is 5.47. The average molecular weight is 368 g/mol. The van der Waals surface area contributed by atoms with Crippen LogP contribution >= 0.6 is 11.3 Å². The van der Waals surface area contributed by atoms with Crippen LogP contribution in [-0.4, -0.2) is 29.8 Å². The molecular formula is C16H15F3N4OS. The molecule has 1 aromatic carbocycles. The highest BCUT2D eigenvalue weighted by Gasteiger charge is 2.30. The van der Waals surface area contributed by atoms with E-state index in [9.17, 15) is 18.0 Å². The number of alkyl halides is 3. The van der Waals surface area contributed by atoms with Gasteiger partial charge in [-0.25, -0.2) is 4.98 Å². The van der Waals surface area contributed by atoms with Gasteiger partial charge in [0, 0.05) is 30.6 Å². The van der Waals surface area contributed by atoms with Crippen LogP contribution in [0.1, 0.15) is 22.4 Å². The van der Waals surface area contributed by atoms with Gasteiger partial charge < -0.3 is 5.32 Å². The molecule has 3 rings (SSSR count). The summed E-state index contributed by atoms with van der Waals surface area (Å²) in [6.45, 7) is 1.30. The predicted molar refractivity (Wildman–Crippen MR) is 89.9 cm³/mol. The second kappa shape index (κ2) is 7.22. The van der Waals surface area contributed by atoms with E-state index in [1.165, 1.54) is 17.4 Å². The second-order valence-corrected chi connectivity index (χ2v) is 6.59. The summed E-state index contributed by atoms with van der Waals surface area (Å²) in [6.07, 6.45) is -1.61. The summed E-state index contributed by atoms with van der Waals surface area (Å²) in [5.74, 6) is -0.0828. The monoisotopic (exact) mass is 368 g/mol. The van der Waals surface area contributed by atoms with Crippen molar-refractivity contribution in [1.82, 2.24) is 10.3 Å². The van der Waals surface area contributed by atoms with Gasteiger partial charge in [0.2, 0.25) is 0 Å². The number of anilines is 1. The molecule has 0 unspecified atom stereocenters. The molecule has 2 aromatic rings. The Morgan fingerprint density at radius 2 is 2.20 bits per heavy atom. The molecule has 0 atom stereocenters. The number of aromatic nitrogens is 1. The first-order valence-electron chi connectivity index (χ1n) is 7.62. The number of amides is 1. The molecule has 1 amide bonds. The topological polar surface area (TPSA) is 66.4 Å². The summed E-state index contributed by atoms with van der Waals surface area (Å²) in [7, 11) is 0. The van der Waals surface area contributed by atoms with Crippen molar-refractivity contribution in [2.75, 3.05) is 18.4 Å². The van der Waals surface area contributed by atoms with Crippen LogP contribution in [0, 0.1) is 0 Å². The highest BCUT2D eigenvalue weighted by Crippen LogP contribution is 2.30. The number of nitrogens with zero attached hydrogens (tertiary/aromatic N) is 2. The quantitative estimate of drug-likeness (QED) is 0.872. The molecule has 2 N–H and O–H groups in total. The van der Waals surface area contributed by atoms with Gasteiger partial charge in [0.25, 0.3) is 5.91 Å². The minimum atomic E-state index is -4.36. The van der Waals surface area contributed by atoms with Crippen LogP contribution in [0.5, 0.6) is 0 Å². The first-order chi connectivity index (χ1) is 11.9. The Morgan fingerprint density at radius 1 is 1.36 bits per heavy atom. The number of carbonyl (C=O) groups is 1. The number of thiazole rings is 1. The van der Waals surface area contributed by atoms with Crippen LogP contribution < -0.4 is 10.6 Å². The van der Waals surface area contributed by atoms with E-state index in [0.717, 1.165) is 23.4 Å². The molecule has 0 radical (unpaired) electrons. The predicted octanol–water partition coefficient (Wildman–Crippen LogP) is 3.08. The van der Waals surface area contributed by atoms with Crippen LogP contribution in [0.3, 0.4) is 0 Å². The van der Waals surface area contributed by atoms with E-state index in [1.54, 1.807) is 12.3 Å². The molecule has 9 heteroatoms. The van der Waals surface area contributed by atoms with Crippen molar-refractivity contribution >= 4 is 28.2 Å². The first kappa shape index (κ1) is 17.4. The molecule has 1 aliphatic heterocycles. The molecule has 132 valence electrons. The van der Waals surface area contributed by atoms with Crippen molar-refractivity contribution in [3.05, 3.63) is 46.5 Å². The van der Waals surface area contributed by atoms with E-state index in [0.29, 0.717) is 30.2 Å². The number of aliphatic imine (C=N–C) groups is 1. The summed E-state index contributed by atoms with van der Waals surface area (Å²) in [5.41, 5.74) is -0.140. The molecule has 0 spiro atoms. The van der Waals surface area contributed by atoms with Crippen molar-refractivity contribution < 1.29 is 18.0 Å². The zero-order chi connectivity index (χ0) is 17.9. The maximum absolute atomic E-state index is 12.8. The Bertz CT molecular complexity index is 801. The lowest BCUT2D eigenvalue weighted by molar-refractivity contribution is -0.137. The highest BCUT2D eigenvalue weighted by atomic mass is 32.1. The van der Waals surface area contributed by atoms with Crippen molar-refractivity contribution in [3.63, 3.8) is 0 Å². The van der Waals surface area contributed by atoms with Crippen molar-refractivity contribution in [3.8, 4) is 0 Å². The zero-order valence-corrected chi connectivity index (χ0v) is 13.9. The molecule has 0 aliphatic carbocycles. The summed E-state index contributed by atoms with van der Waals surface area (Å²) in [6, 6.07) is 5.18. The molecule has 25 heavy (non-hydrogen) atoms. The lowest BCUT2D eigenvalue weighted by atomic mass is 10.1. The Morgan fingerprint density at radius 3 is 2.92 bits per heavy atom.